The van der Waals surface area contributed by atoms with E-state index in [4.69, 9.17) is 4.74 Å². The molecule has 1 rings (SSSR count). The molecule has 0 bridgehead atoms. The van der Waals surface area contributed by atoms with E-state index in [1.54, 1.807) is 0 Å². The van der Waals surface area contributed by atoms with E-state index in [0.717, 1.165) is 25.7 Å². The van der Waals surface area contributed by atoms with Crippen LogP contribution in [0.1, 0.15) is 33.6 Å². The van der Waals surface area contributed by atoms with Gasteiger partial charge >= 0.3 is 0 Å². The molecule has 1 aliphatic rings. The SMILES string of the molecule is CCNC1CCN(CCOC(C)C)CC1. The maximum Gasteiger partial charge on any atom is 0.0596 e. The van der Waals surface area contributed by atoms with Gasteiger partial charge in [0.2, 0.25) is 0 Å². The van der Waals surface area contributed by atoms with Gasteiger partial charge in [-0.3, -0.25) is 0 Å². The number of hydrogen-bond donors (Lipinski definition) is 1. The molecule has 90 valence electrons. The van der Waals surface area contributed by atoms with Crippen LogP contribution in [0.2, 0.25) is 0 Å². The second-order valence-electron chi connectivity index (χ2n) is 4.59. The van der Waals surface area contributed by atoms with Crippen LogP contribution in [-0.4, -0.2) is 49.8 Å². The maximum atomic E-state index is 5.56. The van der Waals surface area contributed by atoms with Gasteiger partial charge in [-0.2, -0.15) is 0 Å². The second kappa shape index (κ2) is 7.20. The Balaban J connectivity index is 2.04. The van der Waals surface area contributed by atoms with Gasteiger partial charge in [0.25, 0.3) is 0 Å². The normalized spacial score (nSPS) is 20.0. The van der Waals surface area contributed by atoms with Crippen molar-refractivity contribution in [1.29, 1.82) is 0 Å². The molecule has 1 saturated heterocycles. The Morgan fingerprint density at radius 1 is 1.33 bits per heavy atom. The highest BCUT2D eigenvalue weighted by atomic mass is 16.5. The summed E-state index contributed by atoms with van der Waals surface area (Å²) in [6, 6.07) is 0.747. The lowest BCUT2D eigenvalue weighted by atomic mass is 10.1. The van der Waals surface area contributed by atoms with Crippen LogP contribution in [0.4, 0.5) is 0 Å². The molecule has 1 aliphatic heterocycles. The third kappa shape index (κ3) is 5.50. The molecule has 15 heavy (non-hydrogen) atoms. The molecule has 1 heterocycles. The van der Waals surface area contributed by atoms with E-state index in [1.807, 2.05) is 0 Å². The van der Waals surface area contributed by atoms with Crippen molar-refractivity contribution >= 4 is 0 Å². The molecule has 0 radical (unpaired) electrons. The zero-order valence-electron chi connectivity index (χ0n) is 10.5. The van der Waals surface area contributed by atoms with Gasteiger partial charge in [0.15, 0.2) is 0 Å². The maximum absolute atomic E-state index is 5.56. The molecule has 1 N–H and O–H groups in total. The van der Waals surface area contributed by atoms with E-state index >= 15 is 0 Å². The molecule has 0 saturated carbocycles. The molecule has 0 amide bonds. The number of hydrogen-bond acceptors (Lipinski definition) is 3. The van der Waals surface area contributed by atoms with Crippen LogP contribution < -0.4 is 5.32 Å². The lowest BCUT2D eigenvalue weighted by Gasteiger charge is -2.32. The Morgan fingerprint density at radius 3 is 2.53 bits per heavy atom. The number of nitrogens with one attached hydrogen (secondary N) is 1. The Bertz CT molecular complexity index is 154. The summed E-state index contributed by atoms with van der Waals surface area (Å²) in [5.41, 5.74) is 0. The number of likely N-dealkylation sites (tertiary alicyclic amines) is 1. The molecule has 0 unspecified atom stereocenters. The van der Waals surface area contributed by atoms with Crippen molar-refractivity contribution in [1.82, 2.24) is 10.2 Å². The number of rotatable bonds is 6. The highest BCUT2D eigenvalue weighted by Gasteiger charge is 2.17. The Kier molecular flexibility index (Phi) is 6.22. The van der Waals surface area contributed by atoms with E-state index < -0.39 is 0 Å². The van der Waals surface area contributed by atoms with Crippen LogP contribution in [0.15, 0.2) is 0 Å². The molecular formula is C12H26N2O. The zero-order chi connectivity index (χ0) is 11.1. The van der Waals surface area contributed by atoms with Gasteiger partial charge in [-0.15, -0.1) is 0 Å². The molecule has 1 fully saturated rings. The van der Waals surface area contributed by atoms with Gasteiger partial charge in [-0.1, -0.05) is 6.92 Å². The molecule has 0 aromatic rings. The van der Waals surface area contributed by atoms with E-state index in [0.29, 0.717) is 6.10 Å². The second-order valence-corrected chi connectivity index (χ2v) is 4.59. The summed E-state index contributed by atoms with van der Waals surface area (Å²) in [6.07, 6.45) is 2.94. The van der Waals surface area contributed by atoms with Crippen LogP contribution in [0, 0.1) is 0 Å². The summed E-state index contributed by atoms with van der Waals surface area (Å²) in [5, 5.41) is 3.52. The highest BCUT2D eigenvalue weighted by Crippen LogP contribution is 2.09. The lowest BCUT2D eigenvalue weighted by molar-refractivity contribution is 0.0527. The minimum absolute atomic E-state index is 0.365. The summed E-state index contributed by atoms with van der Waals surface area (Å²) in [7, 11) is 0. The van der Waals surface area contributed by atoms with Gasteiger partial charge in [0.05, 0.1) is 12.7 Å². The molecular weight excluding hydrogens is 188 g/mol. The number of ether oxygens (including phenoxy) is 1. The Labute approximate surface area is 94.2 Å². The minimum atomic E-state index is 0.365. The van der Waals surface area contributed by atoms with Crippen LogP contribution in [-0.2, 0) is 4.74 Å². The fourth-order valence-electron chi connectivity index (χ4n) is 2.07. The summed E-state index contributed by atoms with van der Waals surface area (Å²) in [6.45, 7) is 11.9. The average molecular weight is 214 g/mol. The minimum Gasteiger partial charge on any atom is -0.377 e. The van der Waals surface area contributed by atoms with Crippen molar-refractivity contribution in [2.24, 2.45) is 0 Å². The molecule has 0 aromatic heterocycles. The van der Waals surface area contributed by atoms with Gasteiger partial charge in [0, 0.05) is 12.6 Å². The van der Waals surface area contributed by atoms with Gasteiger partial charge in [-0.05, 0) is 46.3 Å². The first-order chi connectivity index (χ1) is 7.22. The van der Waals surface area contributed by atoms with Crippen LogP contribution in [0.3, 0.4) is 0 Å². The van der Waals surface area contributed by atoms with Crippen molar-refractivity contribution < 1.29 is 4.74 Å². The average Bonchev–Trinajstić information content (AvgIpc) is 2.20. The molecule has 0 atom stereocenters. The van der Waals surface area contributed by atoms with Crippen molar-refractivity contribution in [2.45, 2.75) is 45.8 Å². The zero-order valence-corrected chi connectivity index (χ0v) is 10.5. The quantitative estimate of drug-likeness (QED) is 0.725. The van der Waals surface area contributed by atoms with E-state index in [1.165, 1.54) is 25.9 Å². The third-order valence-corrected chi connectivity index (χ3v) is 2.94. The monoisotopic (exact) mass is 214 g/mol. The van der Waals surface area contributed by atoms with Crippen LogP contribution in [0.5, 0.6) is 0 Å². The van der Waals surface area contributed by atoms with E-state index in [-0.39, 0.29) is 0 Å². The lowest BCUT2D eigenvalue weighted by Crippen LogP contribution is -2.43. The smallest absolute Gasteiger partial charge is 0.0596 e. The van der Waals surface area contributed by atoms with E-state index in [9.17, 15) is 0 Å². The van der Waals surface area contributed by atoms with Gasteiger partial charge in [-0.25, -0.2) is 0 Å². The summed E-state index contributed by atoms with van der Waals surface area (Å²) in [5.74, 6) is 0. The van der Waals surface area contributed by atoms with E-state index in [2.05, 4.69) is 31.0 Å². The summed E-state index contributed by atoms with van der Waals surface area (Å²) >= 11 is 0. The summed E-state index contributed by atoms with van der Waals surface area (Å²) in [4.78, 5) is 2.51. The fraction of sp³-hybridized carbons (Fsp3) is 1.00. The van der Waals surface area contributed by atoms with Crippen molar-refractivity contribution in [3.8, 4) is 0 Å². The first kappa shape index (κ1) is 12.9. The predicted molar refractivity (Wildman–Crippen MR) is 64.2 cm³/mol. The molecule has 0 aromatic carbocycles. The number of piperidine rings is 1. The standard InChI is InChI=1S/C12H26N2O/c1-4-13-12-5-7-14(8-6-12)9-10-15-11(2)3/h11-13H,4-10H2,1-3H3. The molecule has 3 heteroatoms. The van der Waals surface area contributed by atoms with Gasteiger partial charge in [0.1, 0.15) is 0 Å². The largest absolute Gasteiger partial charge is 0.377 e. The van der Waals surface area contributed by atoms with Crippen molar-refractivity contribution in [3.05, 3.63) is 0 Å². The fourth-order valence-corrected chi connectivity index (χ4v) is 2.07. The van der Waals surface area contributed by atoms with Gasteiger partial charge < -0.3 is 15.0 Å². The Morgan fingerprint density at radius 2 is 2.00 bits per heavy atom. The predicted octanol–water partition coefficient (Wildman–Crippen LogP) is 1.49. The van der Waals surface area contributed by atoms with Crippen molar-refractivity contribution in [3.63, 3.8) is 0 Å². The third-order valence-electron chi connectivity index (χ3n) is 2.94. The first-order valence-corrected chi connectivity index (χ1v) is 6.29. The van der Waals surface area contributed by atoms with Crippen molar-refractivity contribution in [2.75, 3.05) is 32.8 Å². The number of nitrogens with zero attached hydrogens (tertiary/aromatic N) is 1. The molecule has 0 aliphatic carbocycles. The topological polar surface area (TPSA) is 24.5 Å². The molecule has 0 spiro atoms. The van der Waals surface area contributed by atoms with Crippen LogP contribution in [0.25, 0.3) is 0 Å². The highest BCUT2D eigenvalue weighted by molar-refractivity contribution is 4.76. The summed E-state index contributed by atoms with van der Waals surface area (Å²) < 4.78 is 5.56. The Hall–Kier alpha value is -0.120. The first-order valence-electron chi connectivity index (χ1n) is 6.29. The van der Waals surface area contributed by atoms with Crippen LogP contribution >= 0.6 is 0 Å². The molecule has 3 nitrogen and oxygen atoms in total.